The van der Waals surface area contributed by atoms with Crippen molar-refractivity contribution in [2.45, 2.75) is 43.9 Å². The van der Waals surface area contributed by atoms with E-state index in [0.717, 1.165) is 50.7 Å². The molecule has 7 nitrogen and oxygen atoms in total. The average molecular weight is 417 g/mol. The number of rotatable bonds is 6. The number of pyridine rings is 1. The van der Waals surface area contributed by atoms with Gasteiger partial charge in [-0.05, 0) is 30.7 Å². The topological polar surface area (TPSA) is 78.4 Å². The van der Waals surface area contributed by atoms with Crippen molar-refractivity contribution in [1.82, 2.24) is 19.4 Å². The summed E-state index contributed by atoms with van der Waals surface area (Å²) in [5, 5.41) is 0. The van der Waals surface area contributed by atoms with Crippen LogP contribution in [0.15, 0.2) is 18.5 Å². The van der Waals surface area contributed by atoms with Crippen molar-refractivity contribution >= 4 is 5.82 Å². The molecule has 2 aromatic rings. The first-order valence-corrected chi connectivity index (χ1v) is 10.7. The summed E-state index contributed by atoms with van der Waals surface area (Å²) in [4.78, 5) is 11.5. The van der Waals surface area contributed by atoms with E-state index in [4.69, 9.17) is 15.5 Å². The Labute approximate surface area is 173 Å². The van der Waals surface area contributed by atoms with E-state index in [1.807, 2.05) is 0 Å². The zero-order chi connectivity index (χ0) is 20.4. The molecule has 4 fully saturated rings. The largest absolute Gasteiger partial charge is 0.431 e. The Bertz CT molecular complexity index is 947. The Morgan fingerprint density at radius 2 is 1.97 bits per heavy atom. The van der Waals surface area contributed by atoms with Crippen LogP contribution in [0.4, 0.5) is 14.6 Å². The third-order valence-corrected chi connectivity index (χ3v) is 7.26. The second-order valence-corrected chi connectivity index (χ2v) is 8.97. The van der Waals surface area contributed by atoms with E-state index in [0.29, 0.717) is 35.4 Å². The van der Waals surface area contributed by atoms with Crippen molar-refractivity contribution in [2.24, 2.45) is 11.8 Å². The normalized spacial score (nSPS) is 29.0. The number of aromatic nitrogens is 3. The number of anilines is 1. The van der Waals surface area contributed by atoms with E-state index < -0.39 is 6.61 Å². The van der Waals surface area contributed by atoms with Gasteiger partial charge >= 0.3 is 6.61 Å². The number of nitrogen functional groups attached to an aromatic ring is 1. The summed E-state index contributed by atoms with van der Waals surface area (Å²) >= 11 is 0. The predicted octanol–water partition coefficient (Wildman–Crippen LogP) is 2.90. The van der Waals surface area contributed by atoms with Crippen LogP contribution in [0.25, 0.3) is 11.3 Å². The molecule has 30 heavy (non-hydrogen) atoms. The molecule has 2 saturated carbocycles. The first-order chi connectivity index (χ1) is 14.6. The van der Waals surface area contributed by atoms with Gasteiger partial charge in [-0.15, -0.1) is 0 Å². The van der Waals surface area contributed by atoms with E-state index in [2.05, 4.69) is 25.4 Å². The van der Waals surface area contributed by atoms with Gasteiger partial charge in [-0.1, -0.05) is 6.42 Å². The van der Waals surface area contributed by atoms with Gasteiger partial charge in [-0.25, -0.2) is 9.97 Å². The molecule has 9 heteroatoms. The highest BCUT2D eigenvalue weighted by atomic mass is 19.3. The highest BCUT2D eigenvalue weighted by Gasteiger charge is 2.58. The maximum absolute atomic E-state index is 12.7. The van der Waals surface area contributed by atoms with Gasteiger partial charge in [0.25, 0.3) is 0 Å². The van der Waals surface area contributed by atoms with Crippen LogP contribution in [-0.2, 0) is 4.74 Å². The fourth-order valence-corrected chi connectivity index (χ4v) is 5.21. The van der Waals surface area contributed by atoms with Gasteiger partial charge in [-0.3, -0.25) is 4.90 Å². The Kier molecular flexibility index (Phi) is 4.24. The lowest BCUT2D eigenvalue weighted by molar-refractivity contribution is -0.0616. The average Bonchev–Trinajstić information content (AvgIpc) is 2.97. The second-order valence-electron chi connectivity index (χ2n) is 8.97. The number of ether oxygens (including phenoxy) is 2. The van der Waals surface area contributed by atoms with Gasteiger partial charge in [0, 0.05) is 43.0 Å². The standard InChI is InChI=1S/C21H25F2N5O2/c22-21(23)30-17-4-12(5-25-19(17)24)16-8-28(20(26-16)11-2-1-3-11)18-14-6-27(7-15(14)18)13-9-29-10-13/h4-5,8,11,13-15,18,21H,1-3,6-7,9-10H2,(H2,24,25)/t14-,15+,18?. The van der Waals surface area contributed by atoms with Gasteiger partial charge in [0.2, 0.25) is 0 Å². The molecule has 6 rings (SSSR count). The molecule has 4 aliphatic rings. The lowest BCUT2D eigenvalue weighted by Gasteiger charge is -2.36. The van der Waals surface area contributed by atoms with Crippen LogP contribution in [0.5, 0.6) is 5.75 Å². The molecule has 160 valence electrons. The predicted molar refractivity (Wildman–Crippen MR) is 105 cm³/mol. The maximum Gasteiger partial charge on any atom is 0.387 e. The minimum atomic E-state index is -2.94. The summed E-state index contributed by atoms with van der Waals surface area (Å²) < 4.78 is 37.6. The van der Waals surface area contributed by atoms with E-state index in [1.54, 1.807) is 6.20 Å². The van der Waals surface area contributed by atoms with Crippen LogP contribution < -0.4 is 10.5 Å². The SMILES string of the molecule is Nc1ncc(-c2cn(C3[C@H]4CN(C5COC5)C[C@@H]34)c(C3CCC3)n2)cc1OC(F)F. The van der Waals surface area contributed by atoms with Gasteiger partial charge in [0.15, 0.2) is 11.6 Å². The van der Waals surface area contributed by atoms with Gasteiger partial charge in [-0.2, -0.15) is 8.78 Å². The zero-order valence-electron chi connectivity index (χ0n) is 16.6. The maximum atomic E-state index is 12.7. The van der Waals surface area contributed by atoms with Crippen LogP contribution >= 0.6 is 0 Å². The molecule has 0 amide bonds. The smallest absolute Gasteiger partial charge is 0.387 e. The second kappa shape index (κ2) is 6.88. The third kappa shape index (κ3) is 2.98. The fourth-order valence-electron chi connectivity index (χ4n) is 5.21. The minimum Gasteiger partial charge on any atom is -0.431 e. The Morgan fingerprint density at radius 3 is 2.57 bits per heavy atom. The summed E-state index contributed by atoms with van der Waals surface area (Å²) in [5.41, 5.74) is 7.09. The summed E-state index contributed by atoms with van der Waals surface area (Å²) in [6.45, 7) is 1.02. The van der Waals surface area contributed by atoms with Crippen LogP contribution in [0, 0.1) is 11.8 Å². The van der Waals surface area contributed by atoms with Crippen LogP contribution in [-0.4, -0.2) is 58.4 Å². The number of fused-ring (bicyclic) bond motifs is 1. The highest BCUT2D eigenvalue weighted by molar-refractivity contribution is 5.64. The van der Waals surface area contributed by atoms with Crippen molar-refractivity contribution in [3.8, 4) is 17.0 Å². The number of hydrogen-bond acceptors (Lipinski definition) is 6. The highest BCUT2D eigenvalue weighted by Crippen LogP contribution is 2.57. The van der Waals surface area contributed by atoms with Gasteiger partial charge in [0.1, 0.15) is 5.82 Å². The fraction of sp³-hybridized carbons (Fsp3) is 0.619. The molecule has 2 aliphatic carbocycles. The number of likely N-dealkylation sites (tertiary alicyclic amines) is 1. The van der Waals surface area contributed by atoms with E-state index in [9.17, 15) is 8.78 Å². The summed E-state index contributed by atoms with van der Waals surface area (Å²) in [7, 11) is 0. The Hall–Kier alpha value is -2.26. The number of hydrogen-bond donors (Lipinski definition) is 1. The van der Waals surface area contributed by atoms with Crippen LogP contribution in [0.3, 0.4) is 0 Å². The lowest BCUT2D eigenvalue weighted by Crippen LogP contribution is -2.49. The van der Waals surface area contributed by atoms with Crippen molar-refractivity contribution in [2.75, 3.05) is 32.0 Å². The van der Waals surface area contributed by atoms with E-state index in [-0.39, 0.29) is 11.6 Å². The van der Waals surface area contributed by atoms with E-state index >= 15 is 0 Å². The van der Waals surface area contributed by atoms with Crippen molar-refractivity contribution in [3.63, 3.8) is 0 Å². The lowest BCUT2D eigenvalue weighted by atomic mass is 9.85. The third-order valence-electron chi connectivity index (χ3n) is 7.26. The Balaban J connectivity index is 1.28. The van der Waals surface area contributed by atoms with Gasteiger partial charge in [0.05, 0.1) is 24.9 Å². The van der Waals surface area contributed by atoms with Crippen molar-refractivity contribution < 1.29 is 18.3 Å². The van der Waals surface area contributed by atoms with Crippen LogP contribution in [0.2, 0.25) is 0 Å². The Morgan fingerprint density at radius 1 is 1.20 bits per heavy atom. The molecule has 2 aromatic heterocycles. The number of nitrogens with zero attached hydrogens (tertiary/aromatic N) is 4. The molecule has 2 aliphatic heterocycles. The molecule has 1 unspecified atom stereocenters. The summed E-state index contributed by atoms with van der Waals surface area (Å²) in [6.07, 6.45) is 7.20. The minimum absolute atomic E-state index is 0.0468. The number of halogens is 2. The van der Waals surface area contributed by atoms with Crippen molar-refractivity contribution in [3.05, 3.63) is 24.3 Å². The molecule has 2 saturated heterocycles. The molecule has 0 spiro atoms. The van der Waals surface area contributed by atoms with E-state index in [1.165, 1.54) is 12.5 Å². The molecule has 0 radical (unpaired) electrons. The first-order valence-electron chi connectivity index (χ1n) is 10.7. The quantitative estimate of drug-likeness (QED) is 0.779. The molecular weight excluding hydrogens is 392 g/mol. The first kappa shape index (κ1) is 18.5. The number of imidazole rings is 1. The van der Waals surface area contributed by atoms with Gasteiger partial charge < -0.3 is 19.8 Å². The molecular formula is C21H25F2N5O2. The molecule has 0 aromatic carbocycles. The summed E-state index contributed by atoms with van der Waals surface area (Å²) in [6, 6.07) is 2.59. The number of nitrogens with two attached hydrogens (primary N) is 1. The molecule has 2 N–H and O–H groups in total. The van der Waals surface area contributed by atoms with Crippen LogP contribution in [0.1, 0.15) is 37.0 Å². The zero-order valence-corrected chi connectivity index (χ0v) is 16.6. The monoisotopic (exact) mass is 417 g/mol. The van der Waals surface area contributed by atoms with Crippen molar-refractivity contribution in [1.29, 1.82) is 0 Å². The summed E-state index contributed by atoms with van der Waals surface area (Å²) in [5.74, 6) is 2.78. The molecule has 0 bridgehead atoms. The number of piperidine rings is 1. The molecule has 4 heterocycles. The number of alkyl halides is 2. The molecule has 3 atom stereocenters.